The number of nitrogens with zero attached hydrogens (tertiary/aromatic N) is 1. The molecule has 4 aliphatic rings. The third-order valence-corrected chi connectivity index (χ3v) is 6.81. The Labute approximate surface area is 118 Å². The highest BCUT2D eigenvalue weighted by molar-refractivity contribution is 5.00. The van der Waals surface area contributed by atoms with Crippen molar-refractivity contribution in [1.82, 2.24) is 10.2 Å². The SMILES string of the molecule is C1CCC2(CC1)CNCCN2CC1CC2CCC1C2. The van der Waals surface area contributed by atoms with Gasteiger partial charge in [-0.15, -0.1) is 0 Å². The predicted octanol–water partition coefficient (Wildman–Crippen LogP) is 3.03. The molecule has 0 aromatic heterocycles. The quantitative estimate of drug-likeness (QED) is 0.823. The average Bonchev–Trinajstić information content (AvgIpc) is 3.05. The maximum atomic E-state index is 3.69. The van der Waals surface area contributed by atoms with E-state index >= 15 is 0 Å². The third-order valence-electron chi connectivity index (χ3n) is 6.81. The van der Waals surface area contributed by atoms with Gasteiger partial charge in [0.15, 0.2) is 0 Å². The van der Waals surface area contributed by atoms with Crippen LogP contribution in [0.3, 0.4) is 0 Å². The molecule has 0 radical (unpaired) electrons. The third kappa shape index (κ3) is 2.25. The second kappa shape index (κ2) is 5.04. The highest BCUT2D eigenvalue weighted by atomic mass is 15.3. The minimum Gasteiger partial charge on any atom is -0.314 e. The van der Waals surface area contributed by atoms with Crippen molar-refractivity contribution < 1.29 is 0 Å². The van der Waals surface area contributed by atoms with E-state index in [-0.39, 0.29) is 0 Å². The van der Waals surface area contributed by atoms with Gasteiger partial charge in [-0.2, -0.15) is 0 Å². The second-order valence-electron chi connectivity index (χ2n) is 7.84. The highest BCUT2D eigenvalue weighted by Crippen LogP contribution is 2.49. The fourth-order valence-electron chi connectivity index (χ4n) is 5.76. The Bertz CT molecular complexity index is 313. The van der Waals surface area contributed by atoms with Crippen LogP contribution in [0, 0.1) is 17.8 Å². The standard InChI is InChI=1S/C17H30N2/c1-2-6-17(7-3-1)13-18-8-9-19(17)12-16-11-14-4-5-15(16)10-14/h14-16,18H,1-13H2. The molecule has 19 heavy (non-hydrogen) atoms. The number of fused-ring (bicyclic) bond motifs is 2. The first-order valence-electron chi connectivity index (χ1n) is 8.81. The van der Waals surface area contributed by atoms with Crippen LogP contribution in [0.4, 0.5) is 0 Å². The monoisotopic (exact) mass is 262 g/mol. The normalized spacial score (nSPS) is 42.0. The van der Waals surface area contributed by atoms with E-state index in [0.717, 1.165) is 17.8 Å². The Morgan fingerprint density at radius 2 is 1.95 bits per heavy atom. The van der Waals surface area contributed by atoms with E-state index in [9.17, 15) is 0 Å². The smallest absolute Gasteiger partial charge is 0.0334 e. The summed E-state index contributed by atoms with van der Waals surface area (Å²) in [4.78, 5) is 2.94. The summed E-state index contributed by atoms with van der Waals surface area (Å²) in [5, 5.41) is 3.69. The summed E-state index contributed by atoms with van der Waals surface area (Å²) in [5.74, 6) is 3.26. The first-order valence-corrected chi connectivity index (χ1v) is 8.81. The lowest BCUT2D eigenvalue weighted by Gasteiger charge is -2.51. The molecule has 4 fully saturated rings. The molecule has 0 amide bonds. The van der Waals surface area contributed by atoms with Gasteiger partial charge in [-0.3, -0.25) is 4.90 Å². The maximum Gasteiger partial charge on any atom is 0.0334 e. The van der Waals surface area contributed by atoms with Gasteiger partial charge in [-0.1, -0.05) is 25.7 Å². The van der Waals surface area contributed by atoms with Gasteiger partial charge in [0.25, 0.3) is 0 Å². The zero-order valence-electron chi connectivity index (χ0n) is 12.4. The van der Waals surface area contributed by atoms with Crippen LogP contribution in [0.15, 0.2) is 0 Å². The number of rotatable bonds is 2. The van der Waals surface area contributed by atoms with Crippen molar-refractivity contribution in [2.75, 3.05) is 26.2 Å². The largest absolute Gasteiger partial charge is 0.314 e. The molecule has 2 bridgehead atoms. The lowest BCUT2D eigenvalue weighted by Crippen LogP contribution is -2.62. The molecule has 3 saturated carbocycles. The minimum absolute atomic E-state index is 0.554. The molecule has 0 aromatic carbocycles. The Hall–Kier alpha value is -0.0800. The lowest BCUT2D eigenvalue weighted by molar-refractivity contribution is 0.00864. The number of hydrogen-bond donors (Lipinski definition) is 1. The molecule has 1 spiro atoms. The van der Waals surface area contributed by atoms with Crippen LogP contribution < -0.4 is 5.32 Å². The van der Waals surface area contributed by atoms with Crippen LogP contribution in [0.2, 0.25) is 0 Å². The van der Waals surface area contributed by atoms with Crippen molar-refractivity contribution in [3.63, 3.8) is 0 Å². The number of piperazine rings is 1. The summed E-state index contributed by atoms with van der Waals surface area (Å²) in [6.07, 6.45) is 13.6. The molecule has 1 saturated heterocycles. The van der Waals surface area contributed by atoms with E-state index in [2.05, 4.69) is 10.2 Å². The van der Waals surface area contributed by atoms with Gasteiger partial charge in [0.1, 0.15) is 0 Å². The van der Waals surface area contributed by atoms with Crippen LogP contribution in [0.25, 0.3) is 0 Å². The van der Waals surface area contributed by atoms with Gasteiger partial charge in [0, 0.05) is 31.7 Å². The van der Waals surface area contributed by atoms with Crippen LogP contribution in [0.1, 0.15) is 57.8 Å². The molecule has 3 unspecified atom stereocenters. The Balaban J connectivity index is 1.45. The van der Waals surface area contributed by atoms with E-state index in [1.807, 2.05) is 0 Å². The summed E-state index contributed by atoms with van der Waals surface area (Å²) in [6.45, 7) is 5.24. The Morgan fingerprint density at radius 3 is 2.68 bits per heavy atom. The fraction of sp³-hybridized carbons (Fsp3) is 1.00. The van der Waals surface area contributed by atoms with E-state index in [0.29, 0.717) is 5.54 Å². The van der Waals surface area contributed by atoms with Crippen molar-refractivity contribution >= 4 is 0 Å². The zero-order valence-corrected chi connectivity index (χ0v) is 12.4. The van der Waals surface area contributed by atoms with Gasteiger partial charge < -0.3 is 5.32 Å². The Morgan fingerprint density at radius 1 is 1.05 bits per heavy atom. The topological polar surface area (TPSA) is 15.3 Å². The highest BCUT2D eigenvalue weighted by Gasteiger charge is 2.44. The molecule has 2 nitrogen and oxygen atoms in total. The van der Waals surface area contributed by atoms with E-state index in [1.165, 1.54) is 58.3 Å². The van der Waals surface area contributed by atoms with Gasteiger partial charge in [-0.05, 0) is 49.9 Å². The van der Waals surface area contributed by atoms with E-state index < -0.39 is 0 Å². The summed E-state index contributed by atoms with van der Waals surface area (Å²) in [5.41, 5.74) is 0.554. The maximum absolute atomic E-state index is 3.69. The average molecular weight is 262 g/mol. The van der Waals surface area contributed by atoms with Crippen molar-refractivity contribution in [3.8, 4) is 0 Å². The molecule has 1 N–H and O–H groups in total. The van der Waals surface area contributed by atoms with Gasteiger partial charge in [-0.25, -0.2) is 0 Å². The first-order chi connectivity index (χ1) is 9.36. The fourth-order valence-corrected chi connectivity index (χ4v) is 5.76. The van der Waals surface area contributed by atoms with Crippen molar-refractivity contribution in [2.24, 2.45) is 17.8 Å². The Kier molecular flexibility index (Phi) is 3.35. The predicted molar refractivity (Wildman–Crippen MR) is 79.2 cm³/mol. The molecule has 1 aliphatic heterocycles. The van der Waals surface area contributed by atoms with Crippen LogP contribution in [-0.2, 0) is 0 Å². The van der Waals surface area contributed by atoms with E-state index in [1.54, 1.807) is 25.7 Å². The second-order valence-corrected chi connectivity index (χ2v) is 7.84. The van der Waals surface area contributed by atoms with Crippen molar-refractivity contribution in [3.05, 3.63) is 0 Å². The minimum atomic E-state index is 0.554. The van der Waals surface area contributed by atoms with Crippen molar-refractivity contribution in [2.45, 2.75) is 63.3 Å². The van der Waals surface area contributed by atoms with Crippen LogP contribution >= 0.6 is 0 Å². The summed E-state index contributed by atoms with van der Waals surface area (Å²) < 4.78 is 0. The molecular formula is C17H30N2. The molecular weight excluding hydrogens is 232 g/mol. The van der Waals surface area contributed by atoms with Crippen LogP contribution in [-0.4, -0.2) is 36.6 Å². The lowest BCUT2D eigenvalue weighted by atomic mass is 9.77. The zero-order chi connectivity index (χ0) is 12.7. The molecule has 3 atom stereocenters. The molecule has 0 aromatic rings. The van der Waals surface area contributed by atoms with Gasteiger partial charge in [0.05, 0.1) is 0 Å². The summed E-state index contributed by atoms with van der Waals surface area (Å²) in [7, 11) is 0. The van der Waals surface area contributed by atoms with Gasteiger partial charge in [0.2, 0.25) is 0 Å². The van der Waals surface area contributed by atoms with E-state index in [4.69, 9.17) is 0 Å². The summed E-state index contributed by atoms with van der Waals surface area (Å²) in [6, 6.07) is 0. The van der Waals surface area contributed by atoms with Crippen molar-refractivity contribution in [1.29, 1.82) is 0 Å². The molecule has 3 aliphatic carbocycles. The first kappa shape index (κ1) is 12.6. The summed E-state index contributed by atoms with van der Waals surface area (Å²) >= 11 is 0. The number of nitrogens with one attached hydrogen (secondary N) is 1. The molecule has 4 rings (SSSR count). The van der Waals surface area contributed by atoms with Gasteiger partial charge >= 0.3 is 0 Å². The number of hydrogen-bond acceptors (Lipinski definition) is 2. The molecule has 2 heteroatoms. The van der Waals surface area contributed by atoms with Crippen LogP contribution in [0.5, 0.6) is 0 Å². The molecule has 1 heterocycles. The molecule has 108 valence electrons.